The lowest BCUT2D eigenvalue weighted by Crippen LogP contribution is -2.52. The predicted molar refractivity (Wildman–Crippen MR) is 104 cm³/mol. The summed E-state index contributed by atoms with van der Waals surface area (Å²) in [7, 11) is 1.86. The van der Waals surface area contributed by atoms with Gasteiger partial charge in [0.2, 0.25) is 0 Å². The summed E-state index contributed by atoms with van der Waals surface area (Å²) in [5, 5.41) is 11.0. The molecule has 0 amide bonds. The third-order valence-electron chi connectivity index (χ3n) is 4.68. The van der Waals surface area contributed by atoms with E-state index in [9.17, 15) is 0 Å². The maximum absolute atomic E-state index is 5.22. The number of hydrogen-bond donors (Lipinski definition) is 1. The van der Waals surface area contributed by atoms with Gasteiger partial charge in [-0.25, -0.2) is 0 Å². The molecule has 3 rings (SSSR count). The molecule has 6 nitrogen and oxygen atoms in total. The monoisotopic (exact) mass is 361 g/mol. The van der Waals surface area contributed by atoms with Crippen molar-refractivity contribution in [1.29, 1.82) is 0 Å². The van der Waals surface area contributed by atoms with Crippen LogP contribution < -0.4 is 10.2 Å². The number of aromatic nitrogens is 1. The van der Waals surface area contributed by atoms with E-state index in [1.54, 1.807) is 0 Å². The van der Waals surface area contributed by atoms with Crippen LogP contribution in [0.15, 0.2) is 27.0 Å². The molecular weight excluding hydrogens is 334 g/mol. The van der Waals surface area contributed by atoms with Gasteiger partial charge >= 0.3 is 0 Å². The standard InChI is InChI=1S/C18H27N5OS/c1-14-16(15(2)24-21-14)6-4-8-20-18(19-3)23-11-9-22(10-12-23)17-7-5-13-25-17/h5,7,13H,4,6,8-12H2,1-3H3,(H,19,20). The number of thiophene rings is 1. The summed E-state index contributed by atoms with van der Waals surface area (Å²) in [4.78, 5) is 9.25. The average molecular weight is 362 g/mol. The molecule has 0 atom stereocenters. The third kappa shape index (κ3) is 4.34. The molecule has 25 heavy (non-hydrogen) atoms. The smallest absolute Gasteiger partial charge is 0.193 e. The molecule has 0 bridgehead atoms. The van der Waals surface area contributed by atoms with Crippen LogP contribution in [-0.4, -0.2) is 55.8 Å². The Morgan fingerprint density at radius 1 is 1.32 bits per heavy atom. The number of piperazine rings is 1. The number of nitrogens with zero attached hydrogens (tertiary/aromatic N) is 4. The van der Waals surface area contributed by atoms with Crippen molar-refractivity contribution in [2.24, 2.45) is 4.99 Å². The highest BCUT2D eigenvalue weighted by Gasteiger charge is 2.20. The molecule has 1 N–H and O–H groups in total. The number of hydrogen-bond acceptors (Lipinski definition) is 5. The minimum Gasteiger partial charge on any atom is -0.361 e. The molecule has 1 saturated heterocycles. The molecule has 1 aliphatic rings. The van der Waals surface area contributed by atoms with Crippen molar-refractivity contribution >= 4 is 22.3 Å². The van der Waals surface area contributed by atoms with E-state index in [2.05, 4.69) is 42.8 Å². The quantitative estimate of drug-likeness (QED) is 0.504. The SMILES string of the molecule is CN=C(NCCCc1c(C)noc1C)N1CCN(c2cccs2)CC1. The van der Waals surface area contributed by atoms with E-state index in [1.165, 1.54) is 10.6 Å². The summed E-state index contributed by atoms with van der Waals surface area (Å²) in [6.45, 7) is 8.98. The van der Waals surface area contributed by atoms with E-state index in [4.69, 9.17) is 4.52 Å². The fourth-order valence-corrected chi connectivity index (χ4v) is 4.03. The van der Waals surface area contributed by atoms with E-state index in [1.807, 2.05) is 32.2 Å². The predicted octanol–water partition coefficient (Wildman–Crippen LogP) is 2.68. The molecule has 2 aromatic heterocycles. The zero-order valence-electron chi connectivity index (χ0n) is 15.3. The van der Waals surface area contributed by atoms with Crippen molar-refractivity contribution in [3.63, 3.8) is 0 Å². The van der Waals surface area contributed by atoms with Crippen molar-refractivity contribution in [2.75, 3.05) is 44.7 Å². The average Bonchev–Trinajstić information content (AvgIpc) is 3.27. The molecule has 0 aliphatic carbocycles. The van der Waals surface area contributed by atoms with Crippen LogP contribution in [0.2, 0.25) is 0 Å². The van der Waals surface area contributed by atoms with Crippen LogP contribution in [0.1, 0.15) is 23.4 Å². The fourth-order valence-electron chi connectivity index (χ4n) is 3.24. The second-order valence-electron chi connectivity index (χ2n) is 6.31. The third-order valence-corrected chi connectivity index (χ3v) is 5.61. The van der Waals surface area contributed by atoms with E-state index >= 15 is 0 Å². The summed E-state index contributed by atoms with van der Waals surface area (Å²) in [6, 6.07) is 4.31. The Morgan fingerprint density at radius 3 is 2.72 bits per heavy atom. The molecule has 1 fully saturated rings. The van der Waals surface area contributed by atoms with Gasteiger partial charge < -0.3 is 19.6 Å². The largest absolute Gasteiger partial charge is 0.361 e. The summed E-state index contributed by atoms with van der Waals surface area (Å²) in [5.41, 5.74) is 2.24. The maximum Gasteiger partial charge on any atom is 0.193 e. The number of rotatable bonds is 5. The Bertz CT molecular complexity index is 667. The summed E-state index contributed by atoms with van der Waals surface area (Å²) in [6.07, 6.45) is 2.02. The summed E-state index contributed by atoms with van der Waals surface area (Å²) >= 11 is 1.81. The molecular formula is C18H27N5OS. The zero-order chi connectivity index (χ0) is 17.6. The van der Waals surface area contributed by atoms with Gasteiger partial charge in [0.05, 0.1) is 10.7 Å². The Kier molecular flexibility index (Phi) is 5.96. The van der Waals surface area contributed by atoms with Crippen molar-refractivity contribution < 1.29 is 4.52 Å². The highest BCUT2D eigenvalue weighted by molar-refractivity contribution is 7.14. The van der Waals surface area contributed by atoms with E-state index < -0.39 is 0 Å². The summed E-state index contributed by atoms with van der Waals surface area (Å²) in [5.74, 6) is 1.94. The van der Waals surface area contributed by atoms with Crippen molar-refractivity contribution in [1.82, 2.24) is 15.4 Å². The van der Waals surface area contributed by atoms with Crippen LogP contribution >= 0.6 is 11.3 Å². The van der Waals surface area contributed by atoms with E-state index in [0.717, 1.165) is 63.0 Å². The zero-order valence-corrected chi connectivity index (χ0v) is 16.1. The van der Waals surface area contributed by atoms with Gasteiger partial charge in [-0.15, -0.1) is 11.3 Å². The van der Waals surface area contributed by atoms with Gasteiger partial charge in [0.1, 0.15) is 5.76 Å². The van der Waals surface area contributed by atoms with Gasteiger partial charge in [0, 0.05) is 45.3 Å². The lowest BCUT2D eigenvalue weighted by atomic mass is 10.1. The highest BCUT2D eigenvalue weighted by Crippen LogP contribution is 2.22. The Labute approximate surface area is 153 Å². The number of anilines is 1. The minimum absolute atomic E-state index is 0.905. The molecule has 0 unspecified atom stereocenters. The lowest BCUT2D eigenvalue weighted by Gasteiger charge is -2.37. The number of aliphatic imine (C=N–C) groups is 1. The van der Waals surface area contributed by atoms with Gasteiger partial charge in [-0.05, 0) is 44.2 Å². The summed E-state index contributed by atoms with van der Waals surface area (Å²) < 4.78 is 5.22. The van der Waals surface area contributed by atoms with Crippen LogP contribution in [0.3, 0.4) is 0 Å². The van der Waals surface area contributed by atoms with Crippen LogP contribution in [-0.2, 0) is 6.42 Å². The van der Waals surface area contributed by atoms with Crippen LogP contribution in [0, 0.1) is 13.8 Å². The molecule has 0 spiro atoms. The van der Waals surface area contributed by atoms with E-state index in [-0.39, 0.29) is 0 Å². The fraction of sp³-hybridized carbons (Fsp3) is 0.556. The maximum atomic E-state index is 5.22. The van der Waals surface area contributed by atoms with E-state index in [0.29, 0.717) is 0 Å². The molecule has 0 radical (unpaired) electrons. The van der Waals surface area contributed by atoms with Crippen LogP contribution in [0.4, 0.5) is 5.00 Å². The number of guanidine groups is 1. The number of aryl methyl sites for hydroxylation is 2. The van der Waals surface area contributed by atoms with Gasteiger partial charge in [-0.3, -0.25) is 4.99 Å². The molecule has 1 aliphatic heterocycles. The molecule has 0 aromatic carbocycles. The second-order valence-corrected chi connectivity index (χ2v) is 7.23. The number of nitrogens with one attached hydrogen (secondary N) is 1. The Hall–Kier alpha value is -2.02. The van der Waals surface area contributed by atoms with Crippen LogP contribution in [0.25, 0.3) is 0 Å². The van der Waals surface area contributed by atoms with Crippen molar-refractivity contribution in [2.45, 2.75) is 26.7 Å². The van der Waals surface area contributed by atoms with Gasteiger partial charge in [0.25, 0.3) is 0 Å². The van der Waals surface area contributed by atoms with Gasteiger partial charge in [-0.1, -0.05) is 5.16 Å². The molecule has 0 saturated carbocycles. The topological polar surface area (TPSA) is 56.9 Å². The minimum atomic E-state index is 0.905. The Morgan fingerprint density at radius 2 is 2.12 bits per heavy atom. The molecule has 2 aromatic rings. The van der Waals surface area contributed by atoms with Gasteiger partial charge in [-0.2, -0.15) is 0 Å². The lowest BCUT2D eigenvalue weighted by molar-refractivity contribution is 0.373. The molecule has 136 valence electrons. The first kappa shape index (κ1) is 17.8. The molecule has 3 heterocycles. The van der Waals surface area contributed by atoms with Crippen molar-refractivity contribution in [3.05, 3.63) is 34.5 Å². The first-order valence-corrected chi connectivity index (χ1v) is 9.73. The van der Waals surface area contributed by atoms with Gasteiger partial charge in [0.15, 0.2) is 5.96 Å². The highest BCUT2D eigenvalue weighted by atomic mass is 32.1. The Balaban J connectivity index is 1.43. The second kappa shape index (κ2) is 8.38. The van der Waals surface area contributed by atoms with Crippen LogP contribution in [0.5, 0.6) is 0 Å². The van der Waals surface area contributed by atoms with Crippen molar-refractivity contribution in [3.8, 4) is 0 Å². The first-order chi connectivity index (χ1) is 12.2. The molecule has 7 heteroatoms. The first-order valence-electron chi connectivity index (χ1n) is 8.85. The normalized spacial score (nSPS) is 15.7.